The lowest BCUT2D eigenvalue weighted by molar-refractivity contribution is 0.0965. The molecule has 4 aromatic rings. The van der Waals surface area contributed by atoms with Crippen molar-refractivity contribution in [3.05, 3.63) is 71.9 Å². The number of nitrogens with one attached hydrogen (secondary N) is 3. The van der Waals surface area contributed by atoms with E-state index < -0.39 is 6.04 Å². The summed E-state index contributed by atoms with van der Waals surface area (Å²) in [5.41, 5.74) is 2.58. The molecule has 160 valence electrons. The Hall–Kier alpha value is -4.38. The quantitative estimate of drug-likeness (QED) is 0.343. The highest BCUT2D eigenvalue weighted by molar-refractivity contribution is 5.97. The third-order valence-electron chi connectivity index (χ3n) is 4.95. The van der Waals surface area contributed by atoms with Gasteiger partial charge < -0.3 is 25.5 Å². The largest absolute Gasteiger partial charge is 0.423 e. The van der Waals surface area contributed by atoms with Crippen LogP contribution in [0, 0.1) is 0 Å². The average molecular weight is 430 g/mol. The Morgan fingerprint density at radius 2 is 2.00 bits per heavy atom. The number of anilines is 3. The number of nitrogens with zero attached hydrogens (tertiary/aromatic N) is 5. The van der Waals surface area contributed by atoms with Gasteiger partial charge >= 0.3 is 0 Å². The summed E-state index contributed by atoms with van der Waals surface area (Å²) in [5, 5.41) is 26.6. The fraction of sp³-hybridized carbons (Fsp3) is 0.143. The van der Waals surface area contributed by atoms with Gasteiger partial charge in [-0.05, 0) is 17.7 Å². The Morgan fingerprint density at radius 1 is 1.12 bits per heavy atom. The maximum Gasteiger partial charge on any atom is 0.253 e. The van der Waals surface area contributed by atoms with Crippen LogP contribution >= 0.6 is 0 Å². The maximum absolute atomic E-state index is 11.7. The molecule has 0 spiro atoms. The second-order valence-corrected chi connectivity index (χ2v) is 6.99. The fourth-order valence-corrected chi connectivity index (χ4v) is 3.37. The molecule has 1 aromatic carbocycles. The first kappa shape index (κ1) is 19.6. The van der Waals surface area contributed by atoms with Crippen LogP contribution in [0.25, 0.3) is 11.5 Å². The van der Waals surface area contributed by atoms with Crippen LogP contribution in [0.4, 0.5) is 17.6 Å². The van der Waals surface area contributed by atoms with Crippen molar-refractivity contribution >= 4 is 23.5 Å². The molecule has 5 rings (SSSR count). The van der Waals surface area contributed by atoms with Crippen molar-refractivity contribution in [3.63, 3.8) is 0 Å². The number of aliphatic hydroxyl groups is 1. The van der Waals surface area contributed by atoms with E-state index in [1.165, 1.54) is 6.39 Å². The number of aliphatic hydroxyl groups excluding tert-OH is 1. The SMILES string of the molecule is O=C1NCc2nc(Nc3ncc(-c4nnco4)c(N[C@H](CO)c4ccccc4)n3)ccc21. The van der Waals surface area contributed by atoms with Crippen LogP contribution in [0.3, 0.4) is 0 Å². The highest BCUT2D eigenvalue weighted by atomic mass is 16.4. The van der Waals surface area contributed by atoms with Crippen molar-refractivity contribution in [1.82, 2.24) is 30.5 Å². The Balaban J connectivity index is 1.47. The summed E-state index contributed by atoms with van der Waals surface area (Å²) in [6, 6.07) is 12.5. The minimum Gasteiger partial charge on any atom is -0.423 e. The van der Waals surface area contributed by atoms with Gasteiger partial charge in [0.1, 0.15) is 11.6 Å². The topological polar surface area (TPSA) is 151 Å². The minimum atomic E-state index is -0.421. The fourth-order valence-electron chi connectivity index (χ4n) is 3.37. The van der Waals surface area contributed by atoms with Crippen LogP contribution in [-0.4, -0.2) is 42.8 Å². The number of aromatic nitrogens is 5. The van der Waals surface area contributed by atoms with Gasteiger partial charge in [0.05, 0.1) is 36.0 Å². The number of carbonyl (C=O) groups is 1. The highest BCUT2D eigenvalue weighted by Gasteiger charge is 2.21. The van der Waals surface area contributed by atoms with Crippen molar-refractivity contribution in [2.24, 2.45) is 0 Å². The molecule has 0 unspecified atom stereocenters. The molecule has 0 aliphatic carbocycles. The molecule has 0 bridgehead atoms. The van der Waals surface area contributed by atoms with Crippen molar-refractivity contribution in [3.8, 4) is 11.5 Å². The first-order valence-corrected chi connectivity index (χ1v) is 9.82. The lowest BCUT2D eigenvalue weighted by atomic mass is 10.1. The van der Waals surface area contributed by atoms with Gasteiger partial charge in [-0.15, -0.1) is 10.2 Å². The van der Waals surface area contributed by atoms with Crippen molar-refractivity contribution < 1.29 is 14.3 Å². The molecule has 0 saturated heterocycles. The van der Waals surface area contributed by atoms with Gasteiger partial charge in [0, 0.05) is 6.20 Å². The van der Waals surface area contributed by atoms with E-state index >= 15 is 0 Å². The van der Waals surface area contributed by atoms with Crippen molar-refractivity contribution in [2.45, 2.75) is 12.6 Å². The minimum absolute atomic E-state index is 0.137. The Morgan fingerprint density at radius 3 is 2.78 bits per heavy atom. The molecule has 0 fully saturated rings. The van der Waals surface area contributed by atoms with Gasteiger partial charge in [0.2, 0.25) is 12.3 Å². The molecule has 11 heteroatoms. The number of rotatable bonds is 7. The summed E-state index contributed by atoms with van der Waals surface area (Å²) < 4.78 is 5.32. The predicted octanol–water partition coefficient (Wildman–Crippen LogP) is 2.05. The van der Waals surface area contributed by atoms with Gasteiger partial charge in [-0.1, -0.05) is 30.3 Å². The molecular formula is C21H18N8O3. The van der Waals surface area contributed by atoms with Gasteiger partial charge in [0.15, 0.2) is 0 Å². The normalized spacial score (nSPS) is 13.3. The molecule has 1 amide bonds. The summed E-state index contributed by atoms with van der Waals surface area (Å²) in [6.45, 7) is 0.218. The Bertz CT molecular complexity index is 1250. The number of fused-ring (bicyclic) bond motifs is 1. The van der Waals surface area contributed by atoms with Crippen LogP contribution in [-0.2, 0) is 6.54 Å². The monoisotopic (exact) mass is 430 g/mol. The van der Waals surface area contributed by atoms with E-state index in [1.807, 2.05) is 30.3 Å². The lowest BCUT2D eigenvalue weighted by Gasteiger charge is -2.19. The molecule has 0 saturated carbocycles. The molecule has 1 aliphatic heterocycles. The van der Waals surface area contributed by atoms with Gasteiger partial charge in [-0.3, -0.25) is 4.79 Å². The molecule has 3 aromatic heterocycles. The number of carbonyl (C=O) groups excluding carboxylic acids is 1. The van der Waals surface area contributed by atoms with Gasteiger partial charge in [-0.25, -0.2) is 9.97 Å². The lowest BCUT2D eigenvalue weighted by Crippen LogP contribution is -2.17. The molecule has 1 aliphatic rings. The number of benzene rings is 1. The number of hydrogen-bond donors (Lipinski definition) is 4. The average Bonchev–Trinajstić information content (AvgIpc) is 3.48. The zero-order valence-electron chi connectivity index (χ0n) is 16.7. The molecule has 0 radical (unpaired) electrons. The standard InChI is InChI=1S/C21H18N8O3/c30-10-16(12-4-2-1-3-5-12)26-18-14(20-29-24-11-32-20)8-23-21(28-18)27-17-7-6-13-15(25-17)9-22-19(13)31/h1-8,11,16,30H,9-10H2,(H,22,31)(H2,23,25,26,27,28)/t16-/m1/s1. The van der Waals surface area contributed by atoms with E-state index in [1.54, 1.807) is 18.3 Å². The molecular weight excluding hydrogens is 412 g/mol. The first-order valence-electron chi connectivity index (χ1n) is 9.82. The van der Waals surface area contributed by atoms with E-state index in [0.717, 1.165) is 5.56 Å². The van der Waals surface area contributed by atoms with Crippen LogP contribution < -0.4 is 16.0 Å². The van der Waals surface area contributed by atoms with E-state index in [9.17, 15) is 9.90 Å². The second kappa shape index (κ2) is 8.40. The first-order chi connectivity index (χ1) is 15.7. The van der Waals surface area contributed by atoms with Gasteiger partial charge in [-0.2, -0.15) is 4.98 Å². The zero-order chi connectivity index (χ0) is 21.9. The van der Waals surface area contributed by atoms with Gasteiger partial charge in [0.25, 0.3) is 11.8 Å². The third-order valence-corrected chi connectivity index (χ3v) is 4.95. The predicted molar refractivity (Wildman–Crippen MR) is 114 cm³/mol. The summed E-state index contributed by atoms with van der Waals surface area (Å²) in [4.78, 5) is 25.1. The molecule has 1 atom stereocenters. The molecule has 4 N–H and O–H groups in total. The highest BCUT2D eigenvalue weighted by Crippen LogP contribution is 2.29. The van der Waals surface area contributed by atoms with Crippen molar-refractivity contribution in [1.29, 1.82) is 0 Å². The van der Waals surface area contributed by atoms with E-state index in [-0.39, 0.29) is 24.4 Å². The maximum atomic E-state index is 11.7. The number of amides is 1. The zero-order valence-corrected chi connectivity index (χ0v) is 16.7. The Kier molecular flexibility index (Phi) is 5.14. The second-order valence-electron chi connectivity index (χ2n) is 6.99. The number of hydrogen-bond acceptors (Lipinski definition) is 10. The van der Waals surface area contributed by atoms with E-state index in [2.05, 4.69) is 41.1 Å². The molecule has 11 nitrogen and oxygen atoms in total. The van der Waals surface area contributed by atoms with Crippen LogP contribution in [0.5, 0.6) is 0 Å². The summed E-state index contributed by atoms with van der Waals surface area (Å²) in [6.07, 6.45) is 2.76. The van der Waals surface area contributed by atoms with Crippen LogP contribution in [0.1, 0.15) is 27.7 Å². The third kappa shape index (κ3) is 3.84. The van der Waals surface area contributed by atoms with E-state index in [4.69, 9.17) is 4.42 Å². The van der Waals surface area contributed by atoms with Crippen LogP contribution in [0.15, 0.2) is 59.5 Å². The smallest absolute Gasteiger partial charge is 0.253 e. The van der Waals surface area contributed by atoms with Crippen LogP contribution in [0.2, 0.25) is 0 Å². The van der Waals surface area contributed by atoms with Crippen molar-refractivity contribution in [2.75, 3.05) is 17.2 Å². The number of pyridine rings is 1. The molecule has 32 heavy (non-hydrogen) atoms. The summed E-state index contributed by atoms with van der Waals surface area (Å²) in [7, 11) is 0. The van der Waals surface area contributed by atoms with E-state index in [0.29, 0.717) is 35.0 Å². The summed E-state index contributed by atoms with van der Waals surface area (Å²) >= 11 is 0. The Labute approximate surface area is 182 Å². The summed E-state index contributed by atoms with van der Waals surface area (Å²) in [5.74, 6) is 1.27. The molecule has 4 heterocycles.